The molecule has 4 fully saturated rings. The minimum Gasteiger partial charge on any atom is -0.360 e. The summed E-state index contributed by atoms with van der Waals surface area (Å²) in [7, 11) is 0. The molecule has 142 valence electrons. The van der Waals surface area contributed by atoms with E-state index >= 15 is 0 Å². The number of amides is 1. The maximum Gasteiger partial charge on any atom is 0.263 e. The van der Waals surface area contributed by atoms with E-state index in [-0.39, 0.29) is 22.9 Å². The van der Waals surface area contributed by atoms with Crippen molar-refractivity contribution >= 4 is 34.2 Å². The number of hydrogen-bond donors (Lipinski definition) is 2. The first-order valence-electron chi connectivity index (χ1n) is 9.91. The molecule has 1 amide bonds. The first kappa shape index (κ1) is 18.8. The summed E-state index contributed by atoms with van der Waals surface area (Å²) >= 11 is 2.25. The highest BCUT2D eigenvalue weighted by Gasteiger charge is 2.53. The smallest absolute Gasteiger partial charge is 0.263 e. The molecule has 4 nitrogen and oxygen atoms in total. The molecule has 27 heavy (non-hydrogen) atoms. The summed E-state index contributed by atoms with van der Waals surface area (Å²) in [6.45, 7) is 2.15. The number of rotatable bonds is 5. The topological polar surface area (TPSA) is 64.9 Å². The lowest BCUT2D eigenvalue weighted by Crippen LogP contribution is -2.56. The Kier molecular flexibility index (Phi) is 5.19. The fourth-order valence-corrected chi connectivity index (χ4v) is 6.35. The molecule has 4 aliphatic rings. The Balaban J connectivity index is 1.42. The van der Waals surface area contributed by atoms with E-state index in [1.54, 1.807) is 0 Å². The van der Waals surface area contributed by atoms with Crippen LogP contribution < -0.4 is 10.6 Å². The maximum absolute atomic E-state index is 12.7. The van der Waals surface area contributed by atoms with Gasteiger partial charge in [0.25, 0.3) is 5.91 Å². The van der Waals surface area contributed by atoms with Crippen molar-refractivity contribution in [1.82, 2.24) is 5.32 Å². The molecule has 0 radical (unpaired) electrons. The van der Waals surface area contributed by atoms with Gasteiger partial charge in [0.1, 0.15) is 11.6 Å². The summed E-state index contributed by atoms with van der Waals surface area (Å²) in [5, 5.41) is 15.7. The largest absolute Gasteiger partial charge is 0.360 e. The Morgan fingerprint density at radius 3 is 2.26 bits per heavy atom. The zero-order chi connectivity index (χ0) is 19.0. The number of benzene rings is 1. The molecule has 5 rings (SSSR count). The lowest BCUT2D eigenvalue weighted by Gasteiger charge is -2.59. The highest BCUT2D eigenvalue weighted by molar-refractivity contribution is 14.1. The van der Waals surface area contributed by atoms with Crippen LogP contribution in [0.2, 0.25) is 0 Å². The summed E-state index contributed by atoms with van der Waals surface area (Å²) < 4.78 is 1.14. The van der Waals surface area contributed by atoms with Gasteiger partial charge in [0.2, 0.25) is 0 Å². The average Bonchev–Trinajstić information content (AvgIpc) is 2.62. The van der Waals surface area contributed by atoms with E-state index in [1.807, 2.05) is 30.3 Å². The Labute approximate surface area is 174 Å². The number of carbonyl (C=O) groups is 1. The van der Waals surface area contributed by atoms with Crippen molar-refractivity contribution in [3.05, 3.63) is 39.6 Å². The first-order valence-corrected chi connectivity index (χ1v) is 11.0. The first-order chi connectivity index (χ1) is 13.0. The summed E-state index contributed by atoms with van der Waals surface area (Å²) in [6.07, 6.45) is 9.42. The van der Waals surface area contributed by atoms with Gasteiger partial charge in [-0.15, -0.1) is 0 Å². The van der Waals surface area contributed by atoms with Crippen molar-refractivity contribution in [2.45, 2.75) is 51.5 Å². The number of nitrogens with zero attached hydrogens (tertiary/aromatic N) is 1. The van der Waals surface area contributed by atoms with Gasteiger partial charge in [-0.1, -0.05) is 0 Å². The zero-order valence-corrected chi connectivity index (χ0v) is 17.8. The molecule has 1 aromatic rings. The third-order valence-corrected chi connectivity index (χ3v) is 7.66. The number of anilines is 1. The zero-order valence-electron chi connectivity index (χ0n) is 15.7. The molecule has 5 heteroatoms. The van der Waals surface area contributed by atoms with Crippen LogP contribution in [0.15, 0.2) is 36.0 Å². The fourth-order valence-electron chi connectivity index (χ4n) is 5.99. The van der Waals surface area contributed by atoms with Gasteiger partial charge in [-0.2, -0.15) is 5.26 Å². The molecule has 0 aromatic heterocycles. The molecule has 1 unspecified atom stereocenters. The summed E-state index contributed by atoms with van der Waals surface area (Å²) in [4.78, 5) is 12.7. The monoisotopic (exact) mass is 475 g/mol. The summed E-state index contributed by atoms with van der Waals surface area (Å²) in [5.74, 6) is 2.29. The van der Waals surface area contributed by atoms with Gasteiger partial charge in [-0.25, -0.2) is 0 Å². The molecule has 4 bridgehead atoms. The maximum atomic E-state index is 12.7. The summed E-state index contributed by atoms with van der Waals surface area (Å²) in [6, 6.07) is 10.0. The van der Waals surface area contributed by atoms with Crippen molar-refractivity contribution in [3.8, 4) is 6.07 Å². The van der Waals surface area contributed by atoms with Crippen molar-refractivity contribution in [3.63, 3.8) is 0 Å². The second kappa shape index (κ2) is 7.46. The third kappa shape index (κ3) is 3.87. The standard InChI is InChI=1S/C22H26IN3O/c1-14(22-9-15-6-16(10-22)8-17(7-15)11-22)26-21(27)18(12-24)13-25-20-4-2-19(23)3-5-20/h2-5,13-17,25H,6-11H2,1H3,(H,26,27)/b18-13-. The number of halogens is 1. The molecular formula is C22H26IN3O. The van der Waals surface area contributed by atoms with Gasteiger partial charge in [-0.05, 0) is 115 Å². The third-order valence-electron chi connectivity index (χ3n) is 6.94. The van der Waals surface area contributed by atoms with Gasteiger partial charge in [0, 0.05) is 21.5 Å². The average molecular weight is 475 g/mol. The second-order valence-electron chi connectivity index (χ2n) is 8.80. The van der Waals surface area contributed by atoms with Crippen molar-refractivity contribution < 1.29 is 4.79 Å². The van der Waals surface area contributed by atoms with Crippen molar-refractivity contribution in [1.29, 1.82) is 5.26 Å². The van der Waals surface area contributed by atoms with Crippen LogP contribution in [-0.2, 0) is 4.79 Å². The lowest BCUT2D eigenvalue weighted by molar-refractivity contribution is -0.122. The molecule has 4 aliphatic carbocycles. The molecule has 0 spiro atoms. The molecule has 0 aliphatic heterocycles. The summed E-state index contributed by atoms with van der Waals surface area (Å²) in [5.41, 5.74) is 1.24. The normalized spacial score (nSPS) is 32.6. The van der Waals surface area contributed by atoms with Crippen LogP contribution >= 0.6 is 22.6 Å². The second-order valence-corrected chi connectivity index (χ2v) is 10.0. The minimum absolute atomic E-state index is 0.119. The van der Waals surface area contributed by atoms with Crippen LogP contribution in [0.1, 0.15) is 45.4 Å². The van der Waals surface area contributed by atoms with Gasteiger partial charge in [-0.3, -0.25) is 4.79 Å². The van der Waals surface area contributed by atoms with Crippen LogP contribution in [0.25, 0.3) is 0 Å². The van der Waals surface area contributed by atoms with E-state index in [9.17, 15) is 10.1 Å². The molecule has 1 aromatic carbocycles. The van der Waals surface area contributed by atoms with Gasteiger partial charge in [0.15, 0.2) is 0 Å². The Morgan fingerprint density at radius 1 is 1.19 bits per heavy atom. The van der Waals surface area contributed by atoms with Gasteiger partial charge in [0.05, 0.1) is 0 Å². The fraction of sp³-hybridized carbons (Fsp3) is 0.545. The molecule has 0 saturated heterocycles. The predicted molar refractivity (Wildman–Crippen MR) is 115 cm³/mol. The lowest BCUT2D eigenvalue weighted by atomic mass is 9.48. The van der Waals surface area contributed by atoms with Crippen molar-refractivity contribution in [2.24, 2.45) is 23.2 Å². The van der Waals surface area contributed by atoms with E-state index in [0.717, 1.165) is 27.0 Å². The van der Waals surface area contributed by atoms with Crippen molar-refractivity contribution in [2.75, 3.05) is 5.32 Å². The molecule has 1 atom stereocenters. The highest BCUT2D eigenvalue weighted by atomic mass is 127. The molecule has 2 N–H and O–H groups in total. The van der Waals surface area contributed by atoms with Crippen LogP contribution in [0.3, 0.4) is 0 Å². The molecular weight excluding hydrogens is 449 g/mol. The Bertz CT molecular complexity index is 757. The SMILES string of the molecule is CC(NC(=O)/C(C#N)=C\Nc1ccc(I)cc1)C12CC3CC(CC(C3)C1)C2. The Morgan fingerprint density at radius 2 is 1.74 bits per heavy atom. The Hall–Kier alpha value is -1.55. The van der Waals surface area contributed by atoms with E-state index in [4.69, 9.17) is 0 Å². The predicted octanol–water partition coefficient (Wildman–Crippen LogP) is 4.83. The van der Waals surface area contributed by atoms with Crippen LogP contribution in [0.5, 0.6) is 0 Å². The van der Waals surface area contributed by atoms with Crippen LogP contribution in [0.4, 0.5) is 5.69 Å². The minimum atomic E-state index is -0.265. The number of hydrogen-bond acceptors (Lipinski definition) is 3. The highest BCUT2D eigenvalue weighted by Crippen LogP contribution is 2.61. The van der Waals surface area contributed by atoms with Crippen LogP contribution in [0, 0.1) is 38.1 Å². The van der Waals surface area contributed by atoms with E-state index < -0.39 is 0 Å². The van der Waals surface area contributed by atoms with Gasteiger partial charge < -0.3 is 10.6 Å². The number of nitrogens with one attached hydrogen (secondary N) is 2. The molecule has 4 saturated carbocycles. The van der Waals surface area contributed by atoms with E-state index in [0.29, 0.717) is 0 Å². The van der Waals surface area contributed by atoms with Crippen LogP contribution in [-0.4, -0.2) is 11.9 Å². The van der Waals surface area contributed by atoms with E-state index in [2.05, 4.69) is 40.1 Å². The number of carbonyl (C=O) groups excluding carboxylic acids is 1. The van der Waals surface area contributed by atoms with E-state index in [1.165, 1.54) is 44.7 Å². The number of nitriles is 1. The quantitative estimate of drug-likeness (QED) is 0.364. The molecule has 0 heterocycles. The van der Waals surface area contributed by atoms with Gasteiger partial charge >= 0.3 is 0 Å².